The van der Waals surface area contributed by atoms with Crippen LogP contribution < -0.4 is 5.73 Å². The molecule has 106 valence electrons. The molecule has 1 heterocycles. The summed E-state index contributed by atoms with van der Waals surface area (Å²) in [6.07, 6.45) is 5.42. The van der Waals surface area contributed by atoms with Gasteiger partial charge in [-0.2, -0.15) is 0 Å². The molecule has 0 aromatic rings. The smallest absolute Gasteiger partial charge is 0.0675 e. The quantitative estimate of drug-likeness (QED) is 0.822. The minimum Gasteiger partial charge on any atom is -0.376 e. The Morgan fingerprint density at radius 1 is 1.17 bits per heavy atom. The molecule has 1 aliphatic heterocycles. The maximum atomic E-state index is 6.18. The third-order valence-corrected chi connectivity index (χ3v) is 5.13. The molecule has 0 amide bonds. The van der Waals surface area contributed by atoms with Crippen molar-refractivity contribution >= 4 is 0 Å². The Hall–Kier alpha value is -0.120. The second-order valence-corrected chi connectivity index (χ2v) is 7.24. The average Bonchev–Trinajstić information content (AvgIpc) is 2.33. The van der Waals surface area contributed by atoms with Crippen LogP contribution in [-0.4, -0.2) is 42.3 Å². The highest BCUT2D eigenvalue weighted by Gasteiger charge is 2.44. The fourth-order valence-electron chi connectivity index (χ4n) is 3.57. The molecule has 2 rings (SSSR count). The van der Waals surface area contributed by atoms with Gasteiger partial charge in [-0.25, -0.2) is 0 Å². The number of hydrogen-bond acceptors (Lipinski definition) is 3. The van der Waals surface area contributed by atoms with Gasteiger partial charge in [0.2, 0.25) is 0 Å². The third kappa shape index (κ3) is 2.73. The van der Waals surface area contributed by atoms with Crippen molar-refractivity contribution < 1.29 is 4.74 Å². The molecule has 0 aromatic heterocycles. The van der Waals surface area contributed by atoms with Gasteiger partial charge in [-0.05, 0) is 44.9 Å². The topological polar surface area (TPSA) is 38.5 Å². The highest BCUT2D eigenvalue weighted by Crippen LogP contribution is 2.43. The lowest BCUT2D eigenvalue weighted by Crippen LogP contribution is -2.63. The van der Waals surface area contributed by atoms with Gasteiger partial charge in [-0.15, -0.1) is 0 Å². The number of hydrogen-bond donors (Lipinski definition) is 1. The molecule has 1 saturated carbocycles. The SMILES string of the molecule is CC1CN(C2(CN)CCC(C)(C)CC2)C(C)CO1. The van der Waals surface area contributed by atoms with Gasteiger partial charge < -0.3 is 10.5 Å². The van der Waals surface area contributed by atoms with Gasteiger partial charge in [0, 0.05) is 24.7 Å². The molecular formula is C15H30N2O. The van der Waals surface area contributed by atoms with Gasteiger partial charge >= 0.3 is 0 Å². The Labute approximate surface area is 112 Å². The molecule has 1 saturated heterocycles. The maximum absolute atomic E-state index is 6.18. The summed E-state index contributed by atoms with van der Waals surface area (Å²) in [5, 5.41) is 0. The fraction of sp³-hybridized carbons (Fsp3) is 1.00. The molecule has 2 N–H and O–H groups in total. The van der Waals surface area contributed by atoms with E-state index in [1.165, 1.54) is 25.7 Å². The average molecular weight is 254 g/mol. The first kappa shape index (κ1) is 14.3. The van der Waals surface area contributed by atoms with Crippen molar-refractivity contribution in [3.05, 3.63) is 0 Å². The summed E-state index contributed by atoms with van der Waals surface area (Å²) in [6.45, 7) is 11.9. The Balaban J connectivity index is 2.12. The van der Waals surface area contributed by atoms with Gasteiger partial charge in [0.25, 0.3) is 0 Å². The van der Waals surface area contributed by atoms with Crippen molar-refractivity contribution in [3.63, 3.8) is 0 Å². The molecule has 2 fully saturated rings. The Bertz CT molecular complexity index is 280. The van der Waals surface area contributed by atoms with Crippen molar-refractivity contribution in [2.75, 3.05) is 19.7 Å². The summed E-state index contributed by atoms with van der Waals surface area (Å²) in [5.74, 6) is 0. The van der Waals surface area contributed by atoms with Gasteiger partial charge in [0.1, 0.15) is 0 Å². The number of nitrogens with zero attached hydrogens (tertiary/aromatic N) is 1. The van der Waals surface area contributed by atoms with Gasteiger partial charge in [-0.3, -0.25) is 4.90 Å². The van der Waals surface area contributed by atoms with Crippen LogP contribution in [0, 0.1) is 5.41 Å². The lowest BCUT2D eigenvalue weighted by atomic mass is 9.68. The molecule has 18 heavy (non-hydrogen) atoms. The third-order valence-electron chi connectivity index (χ3n) is 5.13. The number of morpholine rings is 1. The van der Waals surface area contributed by atoms with E-state index < -0.39 is 0 Å². The monoisotopic (exact) mass is 254 g/mol. The van der Waals surface area contributed by atoms with Crippen LogP contribution in [0.15, 0.2) is 0 Å². The molecule has 1 aliphatic carbocycles. The van der Waals surface area contributed by atoms with E-state index in [2.05, 4.69) is 32.6 Å². The van der Waals surface area contributed by atoms with Crippen LogP contribution in [0.25, 0.3) is 0 Å². The van der Waals surface area contributed by atoms with E-state index in [0.717, 1.165) is 19.7 Å². The predicted octanol–water partition coefficient (Wildman–Crippen LogP) is 2.39. The molecule has 0 radical (unpaired) electrons. The van der Waals surface area contributed by atoms with E-state index in [9.17, 15) is 0 Å². The molecule has 3 heteroatoms. The van der Waals surface area contributed by atoms with Gasteiger partial charge in [0.15, 0.2) is 0 Å². The lowest BCUT2D eigenvalue weighted by molar-refractivity contribution is -0.108. The zero-order chi connectivity index (χ0) is 13.4. The van der Waals surface area contributed by atoms with E-state index in [4.69, 9.17) is 10.5 Å². The van der Waals surface area contributed by atoms with E-state index >= 15 is 0 Å². The molecule has 2 unspecified atom stereocenters. The Kier molecular flexibility index (Phi) is 4.05. The summed E-state index contributed by atoms with van der Waals surface area (Å²) >= 11 is 0. The lowest BCUT2D eigenvalue weighted by Gasteiger charge is -2.54. The molecule has 0 spiro atoms. The van der Waals surface area contributed by atoms with Crippen molar-refractivity contribution in [1.82, 2.24) is 4.90 Å². The van der Waals surface area contributed by atoms with E-state index in [-0.39, 0.29) is 5.54 Å². The summed E-state index contributed by atoms with van der Waals surface area (Å²) in [5.41, 5.74) is 6.91. The standard InChI is InChI=1S/C15H30N2O/c1-12-10-18-13(2)9-17(12)15(11-16)7-5-14(3,4)6-8-15/h12-13H,5-11,16H2,1-4H3. The van der Waals surface area contributed by atoms with Crippen molar-refractivity contribution in [2.24, 2.45) is 11.1 Å². The van der Waals surface area contributed by atoms with Crippen LogP contribution in [0.3, 0.4) is 0 Å². The van der Waals surface area contributed by atoms with Crippen molar-refractivity contribution in [1.29, 1.82) is 0 Å². The van der Waals surface area contributed by atoms with E-state index in [1.54, 1.807) is 0 Å². The summed E-state index contributed by atoms with van der Waals surface area (Å²) in [4.78, 5) is 2.65. The molecule has 2 atom stereocenters. The number of rotatable bonds is 2. The Morgan fingerprint density at radius 2 is 1.78 bits per heavy atom. The van der Waals surface area contributed by atoms with E-state index in [1.807, 2.05) is 0 Å². The molecule has 3 nitrogen and oxygen atoms in total. The first-order valence-corrected chi connectivity index (χ1v) is 7.47. The van der Waals surface area contributed by atoms with Crippen LogP contribution in [0.5, 0.6) is 0 Å². The maximum Gasteiger partial charge on any atom is 0.0675 e. The number of ether oxygens (including phenoxy) is 1. The molecular weight excluding hydrogens is 224 g/mol. The predicted molar refractivity (Wildman–Crippen MR) is 75.6 cm³/mol. The summed E-state index contributed by atoms with van der Waals surface area (Å²) < 4.78 is 5.76. The zero-order valence-corrected chi connectivity index (χ0v) is 12.5. The summed E-state index contributed by atoms with van der Waals surface area (Å²) in [7, 11) is 0. The summed E-state index contributed by atoms with van der Waals surface area (Å²) in [6, 6.07) is 0.506. The van der Waals surface area contributed by atoms with Crippen LogP contribution in [-0.2, 0) is 4.74 Å². The normalized spacial score (nSPS) is 36.5. The minimum atomic E-state index is 0.229. The molecule has 0 bridgehead atoms. The second kappa shape index (κ2) is 5.10. The number of nitrogens with two attached hydrogens (primary N) is 1. The highest BCUT2D eigenvalue weighted by atomic mass is 16.5. The van der Waals surface area contributed by atoms with Gasteiger partial charge in [0.05, 0.1) is 12.7 Å². The van der Waals surface area contributed by atoms with Gasteiger partial charge in [-0.1, -0.05) is 13.8 Å². The van der Waals surface area contributed by atoms with Crippen LogP contribution in [0.4, 0.5) is 0 Å². The Morgan fingerprint density at radius 3 is 2.33 bits per heavy atom. The fourth-order valence-corrected chi connectivity index (χ4v) is 3.57. The molecule has 2 aliphatic rings. The van der Waals surface area contributed by atoms with Crippen LogP contribution >= 0.6 is 0 Å². The van der Waals surface area contributed by atoms with Crippen molar-refractivity contribution in [2.45, 2.75) is 71.1 Å². The first-order valence-electron chi connectivity index (χ1n) is 7.47. The zero-order valence-electron chi connectivity index (χ0n) is 12.5. The van der Waals surface area contributed by atoms with E-state index in [0.29, 0.717) is 17.6 Å². The van der Waals surface area contributed by atoms with Crippen LogP contribution in [0.2, 0.25) is 0 Å². The largest absolute Gasteiger partial charge is 0.376 e. The highest BCUT2D eigenvalue weighted by molar-refractivity contribution is 5.00. The molecule has 0 aromatic carbocycles. The minimum absolute atomic E-state index is 0.229. The second-order valence-electron chi connectivity index (χ2n) is 7.24. The first-order chi connectivity index (χ1) is 8.38. The van der Waals surface area contributed by atoms with Crippen LogP contribution in [0.1, 0.15) is 53.4 Å². The van der Waals surface area contributed by atoms with Crippen molar-refractivity contribution in [3.8, 4) is 0 Å².